The van der Waals surface area contributed by atoms with E-state index in [0.29, 0.717) is 11.5 Å². The van der Waals surface area contributed by atoms with Crippen LogP contribution in [0, 0.1) is 0 Å². The summed E-state index contributed by atoms with van der Waals surface area (Å²) in [7, 11) is 1.65. The van der Waals surface area contributed by atoms with Crippen LogP contribution in [0.5, 0.6) is 0 Å². The zero-order valence-electron chi connectivity index (χ0n) is 12.0. The van der Waals surface area contributed by atoms with Crippen LogP contribution in [0.1, 0.15) is 32.1 Å². The molecular formula is C14H19ClF2N4. The van der Waals surface area contributed by atoms with Gasteiger partial charge in [0, 0.05) is 13.1 Å². The van der Waals surface area contributed by atoms with Crippen molar-refractivity contribution in [2.45, 2.75) is 44.1 Å². The third-order valence-corrected chi connectivity index (χ3v) is 4.47. The van der Waals surface area contributed by atoms with Crippen molar-refractivity contribution < 1.29 is 8.78 Å². The van der Waals surface area contributed by atoms with E-state index in [1.165, 1.54) is 11.3 Å². The lowest BCUT2D eigenvalue weighted by atomic mass is 9.94. The molecule has 0 saturated heterocycles. The lowest BCUT2D eigenvalue weighted by Gasteiger charge is -2.36. The van der Waals surface area contributed by atoms with Crippen LogP contribution in [-0.2, 0) is 0 Å². The molecule has 116 valence electrons. The maximum atomic E-state index is 14.2. The number of nitrogens with zero attached hydrogens (tertiary/aromatic N) is 4. The third kappa shape index (κ3) is 3.05. The predicted octanol–water partition coefficient (Wildman–Crippen LogP) is 3.35. The lowest BCUT2D eigenvalue weighted by Crippen LogP contribution is -2.46. The summed E-state index contributed by atoms with van der Waals surface area (Å²) in [4.78, 5) is 11.5. The molecule has 0 radical (unpaired) electrons. The molecule has 4 nitrogen and oxygen atoms in total. The second-order valence-corrected chi connectivity index (χ2v) is 6.32. The minimum Gasteiger partial charge on any atom is -0.364 e. The predicted molar refractivity (Wildman–Crippen MR) is 79.5 cm³/mol. The average Bonchev–Trinajstić information content (AvgIpc) is 2.54. The second kappa shape index (κ2) is 5.55. The Morgan fingerprint density at radius 2 is 1.95 bits per heavy atom. The summed E-state index contributed by atoms with van der Waals surface area (Å²) >= 11 is 5.90. The van der Waals surface area contributed by atoms with Gasteiger partial charge in [-0.05, 0) is 24.4 Å². The van der Waals surface area contributed by atoms with Crippen LogP contribution >= 0.6 is 11.6 Å². The van der Waals surface area contributed by atoms with E-state index >= 15 is 0 Å². The van der Waals surface area contributed by atoms with Gasteiger partial charge in [0.05, 0.1) is 25.0 Å². The van der Waals surface area contributed by atoms with E-state index < -0.39 is 5.92 Å². The van der Waals surface area contributed by atoms with Gasteiger partial charge in [0.15, 0.2) is 5.82 Å². The normalized spacial score (nSPS) is 22.9. The minimum absolute atomic E-state index is 0.105. The van der Waals surface area contributed by atoms with Crippen molar-refractivity contribution in [2.75, 3.05) is 29.9 Å². The van der Waals surface area contributed by atoms with E-state index in [-0.39, 0.29) is 24.4 Å². The SMILES string of the molecule is CN1CC(F)(F)CN(C2CCCCC2)c2nc(Cl)ncc21. The highest BCUT2D eigenvalue weighted by molar-refractivity contribution is 6.28. The summed E-state index contributed by atoms with van der Waals surface area (Å²) in [5.41, 5.74) is 0.627. The Labute approximate surface area is 128 Å². The molecule has 0 bridgehead atoms. The van der Waals surface area contributed by atoms with Gasteiger partial charge in [0.1, 0.15) is 0 Å². The molecule has 0 spiro atoms. The fourth-order valence-corrected chi connectivity index (χ4v) is 3.46. The summed E-state index contributed by atoms with van der Waals surface area (Å²) in [5.74, 6) is -2.24. The summed E-state index contributed by atoms with van der Waals surface area (Å²) in [6.07, 6.45) is 6.75. The molecule has 1 aromatic heterocycles. The molecule has 21 heavy (non-hydrogen) atoms. The molecule has 1 fully saturated rings. The second-order valence-electron chi connectivity index (χ2n) is 5.98. The Balaban J connectivity index is 2.02. The maximum Gasteiger partial charge on any atom is 0.282 e. The smallest absolute Gasteiger partial charge is 0.282 e. The lowest BCUT2D eigenvalue weighted by molar-refractivity contribution is 0.0170. The van der Waals surface area contributed by atoms with E-state index in [2.05, 4.69) is 9.97 Å². The Kier molecular flexibility index (Phi) is 3.90. The number of alkyl halides is 2. The molecule has 7 heteroatoms. The van der Waals surface area contributed by atoms with Crippen LogP contribution in [0.3, 0.4) is 0 Å². The van der Waals surface area contributed by atoms with Gasteiger partial charge in [0.2, 0.25) is 5.28 Å². The summed E-state index contributed by atoms with van der Waals surface area (Å²) < 4.78 is 28.4. The van der Waals surface area contributed by atoms with Crippen molar-refractivity contribution in [3.8, 4) is 0 Å². The zero-order chi connectivity index (χ0) is 15.0. The van der Waals surface area contributed by atoms with Crippen molar-refractivity contribution in [1.82, 2.24) is 9.97 Å². The van der Waals surface area contributed by atoms with Crippen molar-refractivity contribution >= 4 is 23.1 Å². The number of anilines is 2. The van der Waals surface area contributed by atoms with E-state index in [0.717, 1.165) is 25.7 Å². The standard InChI is InChI=1S/C14H19ClF2N4/c1-20-8-14(16,17)9-21(10-5-3-2-4-6-10)12-11(20)7-18-13(15)19-12/h7,10H,2-6,8-9H2,1H3. The number of fused-ring (bicyclic) bond motifs is 1. The topological polar surface area (TPSA) is 32.3 Å². The van der Waals surface area contributed by atoms with E-state index in [4.69, 9.17) is 11.6 Å². The summed E-state index contributed by atoms with van der Waals surface area (Å²) in [5, 5.41) is 0.105. The quantitative estimate of drug-likeness (QED) is 0.744. The monoisotopic (exact) mass is 316 g/mol. The summed E-state index contributed by atoms with van der Waals surface area (Å²) in [6.45, 7) is -0.628. The molecular weight excluding hydrogens is 298 g/mol. The van der Waals surface area contributed by atoms with Crippen LogP contribution in [0.4, 0.5) is 20.3 Å². The molecule has 1 aromatic rings. The molecule has 2 aliphatic rings. The number of hydrogen-bond donors (Lipinski definition) is 0. The Morgan fingerprint density at radius 3 is 2.67 bits per heavy atom. The molecule has 1 aliphatic carbocycles. The first-order valence-electron chi connectivity index (χ1n) is 7.34. The highest BCUT2D eigenvalue weighted by atomic mass is 35.5. The van der Waals surface area contributed by atoms with Gasteiger partial charge in [-0.25, -0.2) is 13.8 Å². The highest BCUT2D eigenvalue weighted by Crippen LogP contribution is 2.38. The highest BCUT2D eigenvalue weighted by Gasteiger charge is 2.41. The van der Waals surface area contributed by atoms with Crippen LogP contribution < -0.4 is 9.80 Å². The van der Waals surface area contributed by atoms with Crippen LogP contribution in [-0.4, -0.2) is 42.1 Å². The Morgan fingerprint density at radius 1 is 1.24 bits per heavy atom. The van der Waals surface area contributed by atoms with Gasteiger partial charge < -0.3 is 9.80 Å². The van der Waals surface area contributed by atoms with Crippen LogP contribution in [0.15, 0.2) is 6.20 Å². The number of aromatic nitrogens is 2. The minimum atomic E-state index is -2.78. The van der Waals surface area contributed by atoms with Gasteiger partial charge in [0.25, 0.3) is 5.92 Å². The fraction of sp³-hybridized carbons (Fsp3) is 0.714. The first-order valence-corrected chi connectivity index (χ1v) is 7.72. The molecule has 0 N–H and O–H groups in total. The van der Waals surface area contributed by atoms with Crippen LogP contribution in [0.2, 0.25) is 5.28 Å². The number of halogens is 3. The van der Waals surface area contributed by atoms with Crippen molar-refractivity contribution in [3.05, 3.63) is 11.5 Å². The zero-order valence-corrected chi connectivity index (χ0v) is 12.8. The third-order valence-electron chi connectivity index (χ3n) is 4.29. The van der Waals surface area contributed by atoms with Gasteiger partial charge >= 0.3 is 0 Å². The Bertz CT molecular complexity index is 520. The molecule has 2 heterocycles. The van der Waals surface area contributed by atoms with Gasteiger partial charge in [-0.1, -0.05) is 19.3 Å². The Hall–Kier alpha value is -1.17. The molecule has 1 aliphatic heterocycles. The fourth-order valence-electron chi connectivity index (χ4n) is 3.33. The van der Waals surface area contributed by atoms with Gasteiger partial charge in [-0.3, -0.25) is 0 Å². The van der Waals surface area contributed by atoms with E-state index in [1.807, 2.05) is 0 Å². The summed E-state index contributed by atoms with van der Waals surface area (Å²) in [6, 6.07) is 0.112. The van der Waals surface area contributed by atoms with Crippen molar-refractivity contribution in [2.24, 2.45) is 0 Å². The first kappa shape index (κ1) is 14.8. The molecule has 0 aromatic carbocycles. The van der Waals surface area contributed by atoms with Crippen molar-refractivity contribution in [3.63, 3.8) is 0 Å². The number of hydrogen-bond acceptors (Lipinski definition) is 4. The number of rotatable bonds is 1. The molecule has 0 amide bonds. The molecule has 0 atom stereocenters. The largest absolute Gasteiger partial charge is 0.364 e. The molecule has 0 unspecified atom stereocenters. The van der Waals surface area contributed by atoms with E-state index in [1.54, 1.807) is 18.1 Å². The molecule has 1 saturated carbocycles. The maximum absolute atomic E-state index is 14.2. The van der Waals surface area contributed by atoms with Gasteiger partial charge in [-0.2, -0.15) is 4.98 Å². The van der Waals surface area contributed by atoms with Crippen molar-refractivity contribution in [1.29, 1.82) is 0 Å². The molecule has 3 rings (SSSR count). The average molecular weight is 317 g/mol. The van der Waals surface area contributed by atoms with Crippen LogP contribution in [0.25, 0.3) is 0 Å². The van der Waals surface area contributed by atoms with E-state index in [9.17, 15) is 8.78 Å². The van der Waals surface area contributed by atoms with Gasteiger partial charge in [-0.15, -0.1) is 0 Å². The first-order chi connectivity index (χ1) is 9.96.